The van der Waals surface area contributed by atoms with Gasteiger partial charge in [-0.25, -0.2) is 8.42 Å². The number of sulfonamides is 1. The molecule has 0 saturated carbocycles. The van der Waals surface area contributed by atoms with Gasteiger partial charge in [0.25, 0.3) is 0 Å². The van der Waals surface area contributed by atoms with Crippen LogP contribution in [0.2, 0.25) is 0 Å². The van der Waals surface area contributed by atoms with E-state index in [1.165, 1.54) is 0 Å². The van der Waals surface area contributed by atoms with Crippen LogP contribution in [0.3, 0.4) is 0 Å². The van der Waals surface area contributed by atoms with Gasteiger partial charge in [-0.15, -0.1) is 10.2 Å². The van der Waals surface area contributed by atoms with Gasteiger partial charge in [0.2, 0.25) is 10.0 Å². The minimum atomic E-state index is -3.55. The monoisotopic (exact) mass is 480 g/mol. The maximum Gasteiger partial charge on any atom is 0.243 e. The topological polar surface area (TPSA) is 93.6 Å². The molecule has 0 atom stereocenters. The first-order valence-electron chi connectivity index (χ1n) is 11.6. The van der Waals surface area contributed by atoms with Crippen LogP contribution >= 0.6 is 0 Å². The first-order chi connectivity index (χ1) is 16.5. The lowest BCUT2D eigenvalue weighted by atomic mass is 10.1. The number of aromatic nitrogens is 2. The van der Waals surface area contributed by atoms with Crippen LogP contribution < -0.4 is 14.8 Å². The summed E-state index contributed by atoms with van der Waals surface area (Å²) in [4.78, 5) is 0.340. The molecule has 1 aromatic heterocycles. The van der Waals surface area contributed by atoms with Crippen molar-refractivity contribution in [1.82, 2.24) is 14.5 Å². The molecule has 178 valence electrons. The zero-order valence-corrected chi connectivity index (χ0v) is 20.0. The highest BCUT2D eigenvalue weighted by atomic mass is 32.2. The number of hydrogen-bond acceptors (Lipinski definition) is 7. The lowest BCUT2D eigenvalue weighted by molar-refractivity contribution is 0.171. The van der Waals surface area contributed by atoms with E-state index in [-0.39, 0.29) is 0 Å². The summed E-state index contributed by atoms with van der Waals surface area (Å²) >= 11 is 0. The van der Waals surface area contributed by atoms with Crippen LogP contribution in [0, 0.1) is 6.92 Å². The number of aryl methyl sites for hydroxylation is 1. The standard InChI is InChI=1S/C25H28N4O4S/c1-18-6-7-19(16-24(18)34(30,31)29-12-4-2-3-5-13-29)21-9-11-25(28-27-21)26-20-8-10-22-23(17-20)33-15-14-32-22/h6-11,16-17H,2-5,12-15H2,1H3,(H,26,28). The highest BCUT2D eigenvalue weighted by Crippen LogP contribution is 2.33. The Morgan fingerprint density at radius 3 is 2.35 bits per heavy atom. The number of ether oxygens (including phenoxy) is 2. The van der Waals surface area contributed by atoms with Gasteiger partial charge in [-0.2, -0.15) is 4.31 Å². The van der Waals surface area contributed by atoms with E-state index < -0.39 is 10.0 Å². The third-order valence-electron chi connectivity index (χ3n) is 6.15. The Balaban J connectivity index is 1.36. The fourth-order valence-electron chi connectivity index (χ4n) is 4.28. The van der Waals surface area contributed by atoms with Gasteiger partial charge in [0.15, 0.2) is 17.3 Å². The fourth-order valence-corrected chi connectivity index (χ4v) is 6.05. The molecule has 2 aliphatic heterocycles. The molecule has 5 rings (SSSR count). The van der Waals surface area contributed by atoms with Gasteiger partial charge in [-0.05, 0) is 55.7 Å². The quantitative estimate of drug-likeness (QED) is 0.573. The van der Waals surface area contributed by atoms with Gasteiger partial charge < -0.3 is 14.8 Å². The van der Waals surface area contributed by atoms with Gasteiger partial charge in [0.1, 0.15) is 13.2 Å². The number of anilines is 2. The molecule has 1 N–H and O–H groups in total. The van der Waals surface area contributed by atoms with Crippen LogP contribution in [0.1, 0.15) is 31.2 Å². The van der Waals surface area contributed by atoms with E-state index in [0.29, 0.717) is 48.5 Å². The van der Waals surface area contributed by atoms with Gasteiger partial charge >= 0.3 is 0 Å². The Morgan fingerprint density at radius 2 is 1.62 bits per heavy atom. The van der Waals surface area contributed by atoms with Crippen molar-refractivity contribution in [1.29, 1.82) is 0 Å². The molecule has 0 amide bonds. The molecule has 0 spiro atoms. The van der Waals surface area contributed by atoms with Gasteiger partial charge in [0, 0.05) is 30.4 Å². The average Bonchev–Trinajstić information content (AvgIpc) is 3.15. The molecule has 9 heteroatoms. The lowest BCUT2D eigenvalue weighted by Gasteiger charge is -2.21. The summed E-state index contributed by atoms with van der Waals surface area (Å²) in [5.41, 5.74) is 2.88. The maximum atomic E-state index is 13.4. The van der Waals surface area contributed by atoms with E-state index in [1.807, 2.05) is 49.4 Å². The molecule has 3 heterocycles. The Labute approximate surface area is 200 Å². The lowest BCUT2D eigenvalue weighted by Crippen LogP contribution is -2.32. The van der Waals surface area contributed by atoms with Crippen LogP contribution in [0.15, 0.2) is 53.4 Å². The molecule has 3 aromatic rings. The van der Waals surface area contributed by atoms with E-state index in [4.69, 9.17) is 9.47 Å². The van der Waals surface area contributed by atoms with Crippen molar-refractivity contribution in [3.05, 3.63) is 54.1 Å². The smallest absolute Gasteiger partial charge is 0.243 e. The average molecular weight is 481 g/mol. The number of rotatable bonds is 5. The van der Waals surface area contributed by atoms with Crippen molar-refractivity contribution in [3.8, 4) is 22.8 Å². The summed E-state index contributed by atoms with van der Waals surface area (Å²) in [7, 11) is -3.55. The summed E-state index contributed by atoms with van der Waals surface area (Å²) in [5, 5.41) is 11.8. The predicted molar refractivity (Wildman–Crippen MR) is 130 cm³/mol. The second-order valence-corrected chi connectivity index (χ2v) is 10.5. The number of nitrogens with zero attached hydrogens (tertiary/aromatic N) is 3. The van der Waals surface area contributed by atoms with Crippen molar-refractivity contribution < 1.29 is 17.9 Å². The van der Waals surface area contributed by atoms with Crippen molar-refractivity contribution in [2.45, 2.75) is 37.5 Å². The summed E-state index contributed by atoms with van der Waals surface area (Å²) in [6.45, 7) is 4.06. The number of benzene rings is 2. The van der Waals surface area contributed by atoms with Crippen molar-refractivity contribution >= 4 is 21.5 Å². The van der Waals surface area contributed by atoms with E-state index >= 15 is 0 Å². The van der Waals surface area contributed by atoms with Crippen molar-refractivity contribution in [3.63, 3.8) is 0 Å². The summed E-state index contributed by atoms with van der Waals surface area (Å²) in [6.07, 6.45) is 3.96. The SMILES string of the molecule is Cc1ccc(-c2ccc(Nc3ccc4c(c3)OCCO4)nn2)cc1S(=O)(=O)N1CCCCCC1. The highest BCUT2D eigenvalue weighted by molar-refractivity contribution is 7.89. The Kier molecular flexibility index (Phi) is 6.38. The Bertz CT molecular complexity index is 1270. The van der Waals surface area contributed by atoms with E-state index in [9.17, 15) is 8.42 Å². The molecule has 34 heavy (non-hydrogen) atoms. The first-order valence-corrected chi connectivity index (χ1v) is 13.1. The summed E-state index contributed by atoms with van der Waals surface area (Å²) < 4.78 is 39.5. The largest absolute Gasteiger partial charge is 0.486 e. The molecule has 0 unspecified atom stereocenters. The van der Waals surface area contributed by atoms with Crippen LogP contribution in [0.4, 0.5) is 11.5 Å². The summed E-state index contributed by atoms with van der Waals surface area (Å²) in [5.74, 6) is 1.99. The number of nitrogens with one attached hydrogen (secondary N) is 1. The highest BCUT2D eigenvalue weighted by Gasteiger charge is 2.27. The zero-order valence-electron chi connectivity index (χ0n) is 19.2. The minimum Gasteiger partial charge on any atom is -0.486 e. The van der Waals surface area contributed by atoms with Crippen LogP contribution in [-0.2, 0) is 10.0 Å². The van der Waals surface area contributed by atoms with Gasteiger partial charge in [-0.3, -0.25) is 0 Å². The molecule has 2 aromatic carbocycles. The van der Waals surface area contributed by atoms with Crippen LogP contribution in [0.5, 0.6) is 11.5 Å². The zero-order chi connectivity index (χ0) is 23.5. The molecule has 2 aliphatic rings. The van der Waals surface area contributed by atoms with Crippen LogP contribution in [0.25, 0.3) is 11.3 Å². The molecule has 1 saturated heterocycles. The van der Waals surface area contributed by atoms with Crippen molar-refractivity contribution in [2.75, 3.05) is 31.6 Å². The third-order valence-corrected chi connectivity index (χ3v) is 8.19. The third kappa shape index (κ3) is 4.71. The number of fused-ring (bicyclic) bond motifs is 1. The molecule has 0 bridgehead atoms. The molecular formula is C25H28N4O4S. The van der Waals surface area contributed by atoms with E-state index in [2.05, 4.69) is 15.5 Å². The van der Waals surface area contributed by atoms with Crippen LogP contribution in [-0.4, -0.2) is 49.2 Å². The normalized spacial score (nSPS) is 16.6. The minimum absolute atomic E-state index is 0.340. The molecule has 1 fully saturated rings. The second-order valence-electron chi connectivity index (χ2n) is 8.59. The molecule has 0 radical (unpaired) electrons. The first kappa shape index (κ1) is 22.6. The fraction of sp³-hybridized carbons (Fsp3) is 0.360. The van der Waals surface area contributed by atoms with Gasteiger partial charge in [-0.1, -0.05) is 25.0 Å². The number of hydrogen-bond donors (Lipinski definition) is 1. The maximum absolute atomic E-state index is 13.4. The Morgan fingerprint density at radius 1 is 0.853 bits per heavy atom. The second kappa shape index (κ2) is 9.60. The van der Waals surface area contributed by atoms with E-state index in [0.717, 1.165) is 48.2 Å². The molecular weight excluding hydrogens is 452 g/mol. The molecule has 0 aliphatic carbocycles. The predicted octanol–water partition coefficient (Wildman–Crippen LogP) is 4.53. The van der Waals surface area contributed by atoms with Crippen molar-refractivity contribution in [2.24, 2.45) is 0 Å². The van der Waals surface area contributed by atoms with E-state index in [1.54, 1.807) is 10.4 Å². The Hall–Kier alpha value is -3.17. The summed E-state index contributed by atoms with van der Waals surface area (Å²) in [6, 6.07) is 14.7. The van der Waals surface area contributed by atoms with Gasteiger partial charge in [0.05, 0.1) is 10.6 Å². The molecule has 8 nitrogen and oxygen atoms in total.